The van der Waals surface area contributed by atoms with Gasteiger partial charge in [-0.25, -0.2) is 0 Å². The highest BCUT2D eigenvalue weighted by Crippen LogP contribution is 2.40. The first kappa shape index (κ1) is 14.1. The minimum absolute atomic E-state index is 0.0604. The van der Waals surface area contributed by atoms with Gasteiger partial charge in [0.1, 0.15) is 5.78 Å². The molecular weight excluding hydrogens is 257 g/mol. The first-order chi connectivity index (χ1) is 8.86. The highest BCUT2D eigenvalue weighted by molar-refractivity contribution is 5.83. The van der Waals surface area contributed by atoms with Gasteiger partial charge in [-0.15, -0.1) is 0 Å². The summed E-state index contributed by atoms with van der Waals surface area (Å²) in [6, 6.07) is 1.72. The average molecular weight is 274 g/mol. The monoisotopic (exact) mass is 274 g/mol. The molecule has 6 heteroatoms. The highest BCUT2D eigenvalue weighted by atomic mass is 19.4. The Kier molecular flexibility index (Phi) is 3.96. The summed E-state index contributed by atoms with van der Waals surface area (Å²) in [6.07, 6.45) is -1.19. The van der Waals surface area contributed by atoms with Gasteiger partial charge in [0.2, 0.25) is 0 Å². The van der Waals surface area contributed by atoms with E-state index in [1.165, 1.54) is 0 Å². The molecule has 1 aromatic heterocycles. The molecule has 2 atom stereocenters. The molecule has 106 valence electrons. The number of Topliss-reactive ketones (excluding diaryl/α,β-unsaturated/α-hetero) is 1. The van der Waals surface area contributed by atoms with Crippen LogP contribution in [0.4, 0.5) is 13.2 Å². The van der Waals surface area contributed by atoms with Gasteiger partial charge in [0.15, 0.2) is 0 Å². The summed E-state index contributed by atoms with van der Waals surface area (Å²) in [5.41, 5.74) is 0.627. The largest absolute Gasteiger partial charge is 0.391 e. The van der Waals surface area contributed by atoms with Crippen LogP contribution in [0, 0.1) is 11.8 Å². The summed E-state index contributed by atoms with van der Waals surface area (Å²) >= 11 is 0. The number of alkyl halides is 3. The third kappa shape index (κ3) is 3.58. The Morgan fingerprint density at radius 1 is 1.47 bits per heavy atom. The molecule has 3 nitrogen and oxygen atoms in total. The Labute approximate surface area is 109 Å². The lowest BCUT2D eigenvalue weighted by Gasteiger charge is -2.29. The fourth-order valence-corrected chi connectivity index (χ4v) is 2.66. The average Bonchev–Trinajstić information content (AvgIpc) is 2.74. The summed E-state index contributed by atoms with van der Waals surface area (Å²) in [5.74, 6) is -1.91. The van der Waals surface area contributed by atoms with Crippen molar-refractivity contribution in [2.75, 3.05) is 0 Å². The minimum Gasteiger partial charge on any atom is -0.299 e. The highest BCUT2D eigenvalue weighted by Gasteiger charge is 2.43. The van der Waals surface area contributed by atoms with Crippen molar-refractivity contribution < 1.29 is 18.0 Å². The molecule has 2 rings (SSSR count). The second-order valence-corrected chi connectivity index (χ2v) is 5.23. The summed E-state index contributed by atoms with van der Waals surface area (Å²) in [4.78, 5) is 12.0. The van der Waals surface area contributed by atoms with E-state index in [2.05, 4.69) is 5.10 Å². The molecule has 0 radical (unpaired) electrons. The van der Waals surface area contributed by atoms with E-state index in [4.69, 9.17) is 0 Å². The lowest BCUT2D eigenvalue weighted by atomic mass is 9.78. The summed E-state index contributed by atoms with van der Waals surface area (Å²) in [6.45, 7) is 0. The molecule has 1 heterocycles. The second kappa shape index (κ2) is 5.35. The zero-order chi connectivity index (χ0) is 14.0. The van der Waals surface area contributed by atoms with Gasteiger partial charge < -0.3 is 0 Å². The van der Waals surface area contributed by atoms with Crippen LogP contribution in [0.2, 0.25) is 0 Å². The van der Waals surface area contributed by atoms with E-state index in [-0.39, 0.29) is 25.0 Å². The van der Waals surface area contributed by atoms with Gasteiger partial charge in [-0.1, -0.05) is 6.42 Å². The zero-order valence-electron chi connectivity index (χ0n) is 10.8. The topological polar surface area (TPSA) is 34.9 Å². The molecule has 0 aliphatic heterocycles. The molecular formula is C13H17F3N2O. The molecule has 1 aromatic rings. The number of hydrogen-bond donors (Lipinski definition) is 0. The van der Waals surface area contributed by atoms with Crippen LogP contribution in [-0.4, -0.2) is 21.7 Å². The van der Waals surface area contributed by atoms with Crippen LogP contribution >= 0.6 is 0 Å². The lowest BCUT2D eigenvalue weighted by molar-refractivity contribution is -0.186. The molecule has 0 saturated heterocycles. The number of aryl methyl sites for hydroxylation is 1. The fraction of sp³-hybridized carbons (Fsp3) is 0.692. The molecule has 1 aliphatic rings. The minimum atomic E-state index is -4.18. The van der Waals surface area contributed by atoms with Crippen LogP contribution in [0.25, 0.3) is 0 Å². The van der Waals surface area contributed by atoms with Gasteiger partial charge >= 0.3 is 6.18 Å². The maximum Gasteiger partial charge on any atom is 0.391 e. The zero-order valence-corrected chi connectivity index (χ0v) is 10.8. The van der Waals surface area contributed by atoms with Crippen molar-refractivity contribution in [1.29, 1.82) is 0 Å². The van der Waals surface area contributed by atoms with Crippen LogP contribution in [0.15, 0.2) is 12.3 Å². The predicted octanol–water partition coefficient (Wildman–Crippen LogP) is 2.90. The molecule has 1 fully saturated rings. The molecule has 0 bridgehead atoms. The Morgan fingerprint density at radius 3 is 2.79 bits per heavy atom. The van der Waals surface area contributed by atoms with Crippen molar-refractivity contribution in [3.63, 3.8) is 0 Å². The number of aromatic nitrogens is 2. The molecule has 2 unspecified atom stereocenters. The van der Waals surface area contributed by atoms with Gasteiger partial charge in [0.05, 0.1) is 18.0 Å². The number of nitrogens with zero attached hydrogens (tertiary/aromatic N) is 2. The Bertz CT molecular complexity index is 453. The fourth-order valence-electron chi connectivity index (χ4n) is 2.66. The number of halogens is 3. The molecule has 0 aromatic carbocycles. The van der Waals surface area contributed by atoms with Crippen LogP contribution in [-0.2, 0) is 18.3 Å². The van der Waals surface area contributed by atoms with E-state index in [9.17, 15) is 18.0 Å². The smallest absolute Gasteiger partial charge is 0.299 e. The van der Waals surface area contributed by atoms with Crippen molar-refractivity contribution in [2.45, 2.75) is 38.3 Å². The molecule has 0 amide bonds. The van der Waals surface area contributed by atoms with E-state index in [1.54, 1.807) is 24.0 Å². The Hall–Kier alpha value is -1.33. The van der Waals surface area contributed by atoms with E-state index in [1.807, 2.05) is 0 Å². The summed E-state index contributed by atoms with van der Waals surface area (Å²) in [5, 5.41) is 4.09. The van der Waals surface area contributed by atoms with Gasteiger partial charge in [-0.2, -0.15) is 18.3 Å². The van der Waals surface area contributed by atoms with Gasteiger partial charge in [-0.05, 0) is 25.3 Å². The van der Waals surface area contributed by atoms with E-state index in [0.29, 0.717) is 18.5 Å². The van der Waals surface area contributed by atoms with Crippen molar-refractivity contribution in [3.05, 3.63) is 18.0 Å². The quantitative estimate of drug-likeness (QED) is 0.849. The third-order valence-corrected chi connectivity index (χ3v) is 3.72. The van der Waals surface area contributed by atoms with Crippen molar-refractivity contribution >= 4 is 5.78 Å². The molecule has 1 aliphatic carbocycles. The van der Waals surface area contributed by atoms with Crippen LogP contribution < -0.4 is 0 Å². The van der Waals surface area contributed by atoms with E-state index in [0.717, 1.165) is 0 Å². The SMILES string of the molecule is Cn1ccc(CC(=O)C2CCCC(C(F)(F)F)C2)n1. The first-order valence-corrected chi connectivity index (χ1v) is 6.44. The third-order valence-electron chi connectivity index (χ3n) is 3.72. The van der Waals surface area contributed by atoms with Gasteiger partial charge in [0.25, 0.3) is 0 Å². The van der Waals surface area contributed by atoms with Crippen molar-refractivity contribution in [3.8, 4) is 0 Å². The normalized spacial score (nSPS) is 24.4. The Balaban J connectivity index is 1.95. The van der Waals surface area contributed by atoms with Gasteiger partial charge in [-0.3, -0.25) is 9.48 Å². The van der Waals surface area contributed by atoms with Crippen LogP contribution in [0.5, 0.6) is 0 Å². The van der Waals surface area contributed by atoms with Crippen LogP contribution in [0.3, 0.4) is 0 Å². The number of ketones is 1. The summed E-state index contributed by atoms with van der Waals surface area (Å²) in [7, 11) is 1.74. The first-order valence-electron chi connectivity index (χ1n) is 6.44. The Morgan fingerprint density at radius 2 is 2.21 bits per heavy atom. The molecule has 0 spiro atoms. The van der Waals surface area contributed by atoms with Crippen molar-refractivity contribution in [2.24, 2.45) is 18.9 Å². The number of carbonyl (C=O) groups excluding carboxylic acids is 1. The lowest BCUT2D eigenvalue weighted by Crippen LogP contribution is -2.32. The van der Waals surface area contributed by atoms with Gasteiger partial charge in [0, 0.05) is 19.2 Å². The van der Waals surface area contributed by atoms with Crippen LogP contribution in [0.1, 0.15) is 31.4 Å². The maximum absolute atomic E-state index is 12.7. The number of hydrogen-bond acceptors (Lipinski definition) is 2. The molecule has 19 heavy (non-hydrogen) atoms. The van der Waals surface area contributed by atoms with Crippen molar-refractivity contribution in [1.82, 2.24) is 9.78 Å². The second-order valence-electron chi connectivity index (χ2n) is 5.23. The van der Waals surface area contributed by atoms with E-state index < -0.39 is 18.0 Å². The molecule has 0 N–H and O–H groups in total. The maximum atomic E-state index is 12.7. The molecule has 1 saturated carbocycles. The number of carbonyl (C=O) groups is 1. The predicted molar refractivity (Wildman–Crippen MR) is 63.4 cm³/mol. The summed E-state index contributed by atoms with van der Waals surface area (Å²) < 4.78 is 39.6. The van der Waals surface area contributed by atoms with E-state index >= 15 is 0 Å². The number of rotatable bonds is 3. The standard InChI is InChI=1S/C13H17F3N2O/c1-18-6-5-11(17-18)8-12(19)9-3-2-4-10(7-9)13(14,15)16/h5-6,9-10H,2-4,7-8H2,1H3.